The molecule has 98 valence electrons. The number of carbonyl (C=O) groups is 1. The molecule has 1 aliphatic rings. The zero-order valence-electron chi connectivity index (χ0n) is 10.7. The molecule has 0 spiro atoms. The fraction of sp³-hybridized carbons (Fsp3) is 0.500. The molecule has 0 aromatic heterocycles. The van der Waals surface area contributed by atoms with Crippen LogP contribution in [0, 0.1) is 0 Å². The van der Waals surface area contributed by atoms with Gasteiger partial charge in [-0.1, -0.05) is 19.3 Å². The van der Waals surface area contributed by atoms with Crippen molar-refractivity contribution in [3.05, 3.63) is 24.3 Å². The van der Waals surface area contributed by atoms with Crippen LogP contribution in [0.15, 0.2) is 29.2 Å². The second kappa shape index (κ2) is 6.69. The van der Waals surface area contributed by atoms with E-state index in [1.165, 1.54) is 24.2 Å². The average molecular weight is 264 g/mol. The van der Waals surface area contributed by atoms with Crippen LogP contribution < -0.4 is 10.6 Å². The molecule has 2 amide bonds. The number of urea groups is 1. The first-order valence-electron chi connectivity index (χ1n) is 6.49. The van der Waals surface area contributed by atoms with E-state index in [1.807, 2.05) is 30.5 Å². The molecule has 1 fully saturated rings. The highest BCUT2D eigenvalue weighted by Crippen LogP contribution is 2.19. The van der Waals surface area contributed by atoms with Crippen LogP contribution in [0.5, 0.6) is 0 Å². The maximum absolute atomic E-state index is 11.8. The van der Waals surface area contributed by atoms with E-state index >= 15 is 0 Å². The summed E-state index contributed by atoms with van der Waals surface area (Å²) in [7, 11) is 0. The van der Waals surface area contributed by atoms with Gasteiger partial charge in [-0.15, -0.1) is 11.8 Å². The van der Waals surface area contributed by atoms with Crippen molar-refractivity contribution in [1.29, 1.82) is 0 Å². The smallest absolute Gasteiger partial charge is 0.319 e. The van der Waals surface area contributed by atoms with Gasteiger partial charge in [0.2, 0.25) is 0 Å². The molecule has 0 saturated heterocycles. The molecule has 3 nitrogen and oxygen atoms in total. The number of hydrogen-bond donors (Lipinski definition) is 2. The predicted molar refractivity (Wildman–Crippen MR) is 77.3 cm³/mol. The molecule has 18 heavy (non-hydrogen) atoms. The van der Waals surface area contributed by atoms with Crippen molar-refractivity contribution in [3.63, 3.8) is 0 Å². The minimum atomic E-state index is -0.0844. The molecular weight excluding hydrogens is 244 g/mol. The number of rotatable bonds is 3. The molecule has 0 heterocycles. The number of nitrogens with one attached hydrogen (secondary N) is 2. The van der Waals surface area contributed by atoms with E-state index in [9.17, 15) is 4.79 Å². The number of benzene rings is 1. The summed E-state index contributed by atoms with van der Waals surface area (Å²) in [6.07, 6.45) is 8.02. The van der Waals surface area contributed by atoms with Gasteiger partial charge in [-0.3, -0.25) is 0 Å². The number of hydrogen-bond acceptors (Lipinski definition) is 2. The normalized spacial score (nSPS) is 16.3. The Balaban J connectivity index is 1.82. The number of amides is 2. The van der Waals surface area contributed by atoms with Crippen LogP contribution >= 0.6 is 11.8 Å². The Morgan fingerprint density at radius 3 is 2.44 bits per heavy atom. The molecule has 2 rings (SSSR count). The lowest BCUT2D eigenvalue weighted by atomic mass is 9.96. The minimum absolute atomic E-state index is 0.0844. The molecule has 1 aromatic carbocycles. The highest BCUT2D eigenvalue weighted by Gasteiger charge is 2.15. The van der Waals surface area contributed by atoms with Gasteiger partial charge in [0, 0.05) is 16.6 Å². The third-order valence-corrected chi connectivity index (χ3v) is 4.03. The number of thioether (sulfide) groups is 1. The molecule has 1 saturated carbocycles. The number of anilines is 1. The Hall–Kier alpha value is -1.16. The van der Waals surface area contributed by atoms with Crippen molar-refractivity contribution in [2.45, 2.75) is 43.0 Å². The fourth-order valence-corrected chi connectivity index (χ4v) is 2.68. The maximum Gasteiger partial charge on any atom is 0.319 e. The summed E-state index contributed by atoms with van der Waals surface area (Å²) in [5, 5.41) is 5.92. The van der Waals surface area contributed by atoms with Crippen LogP contribution in [0.25, 0.3) is 0 Å². The van der Waals surface area contributed by atoms with Gasteiger partial charge in [0.25, 0.3) is 0 Å². The highest BCUT2D eigenvalue weighted by molar-refractivity contribution is 7.98. The lowest BCUT2D eigenvalue weighted by Crippen LogP contribution is -2.38. The van der Waals surface area contributed by atoms with Crippen molar-refractivity contribution in [3.8, 4) is 0 Å². The topological polar surface area (TPSA) is 41.1 Å². The summed E-state index contributed by atoms with van der Waals surface area (Å²) >= 11 is 1.70. The average Bonchev–Trinajstić information content (AvgIpc) is 2.40. The van der Waals surface area contributed by atoms with E-state index < -0.39 is 0 Å². The molecule has 0 radical (unpaired) electrons. The van der Waals surface area contributed by atoms with Gasteiger partial charge in [-0.05, 0) is 43.4 Å². The van der Waals surface area contributed by atoms with Crippen LogP contribution in [0.2, 0.25) is 0 Å². The van der Waals surface area contributed by atoms with Gasteiger partial charge in [0.15, 0.2) is 0 Å². The van der Waals surface area contributed by atoms with Crippen LogP contribution in [0.3, 0.4) is 0 Å². The van der Waals surface area contributed by atoms with Crippen LogP contribution in [0.4, 0.5) is 10.5 Å². The predicted octanol–water partition coefficient (Wildman–Crippen LogP) is 3.86. The van der Waals surface area contributed by atoms with Crippen LogP contribution in [-0.2, 0) is 0 Å². The van der Waals surface area contributed by atoms with Crippen LogP contribution in [-0.4, -0.2) is 18.3 Å². The summed E-state index contributed by atoms with van der Waals surface area (Å²) in [6.45, 7) is 0. The fourth-order valence-electron chi connectivity index (χ4n) is 2.27. The van der Waals surface area contributed by atoms with Crippen molar-refractivity contribution in [2.75, 3.05) is 11.6 Å². The van der Waals surface area contributed by atoms with E-state index in [0.29, 0.717) is 6.04 Å². The third-order valence-electron chi connectivity index (χ3n) is 3.29. The summed E-state index contributed by atoms with van der Waals surface area (Å²) in [5.41, 5.74) is 0.848. The van der Waals surface area contributed by atoms with E-state index in [2.05, 4.69) is 10.6 Å². The SMILES string of the molecule is CSc1ccc(NC(=O)NC2CCCCC2)cc1. The zero-order valence-corrected chi connectivity index (χ0v) is 11.6. The molecule has 4 heteroatoms. The van der Waals surface area contributed by atoms with Crippen molar-refractivity contribution in [2.24, 2.45) is 0 Å². The Labute approximate surface area is 113 Å². The summed E-state index contributed by atoms with van der Waals surface area (Å²) in [6, 6.07) is 8.17. The van der Waals surface area contributed by atoms with Crippen molar-refractivity contribution < 1.29 is 4.79 Å². The Bertz CT molecular complexity index is 385. The molecule has 0 atom stereocenters. The molecule has 2 N–H and O–H groups in total. The van der Waals surface area contributed by atoms with Gasteiger partial charge < -0.3 is 10.6 Å². The zero-order chi connectivity index (χ0) is 12.8. The lowest BCUT2D eigenvalue weighted by Gasteiger charge is -2.22. The van der Waals surface area contributed by atoms with Gasteiger partial charge in [-0.25, -0.2) is 4.79 Å². The summed E-state index contributed by atoms with van der Waals surface area (Å²) in [4.78, 5) is 13.0. The highest BCUT2D eigenvalue weighted by atomic mass is 32.2. The first kappa shape index (κ1) is 13.3. The largest absolute Gasteiger partial charge is 0.335 e. The Morgan fingerprint density at radius 2 is 1.83 bits per heavy atom. The second-order valence-electron chi connectivity index (χ2n) is 4.66. The molecule has 1 aromatic rings. The molecule has 0 bridgehead atoms. The van der Waals surface area contributed by atoms with Gasteiger partial charge in [-0.2, -0.15) is 0 Å². The standard InChI is InChI=1S/C14H20N2OS/c1-18-13-9-7-12(8-10-13)16-14(17)15-11-5-3-2-4-6-11/h7-11H,2-6H2,1H3,(H2,15,16,17). The summed E-state index contributed by atoms with van der Waals surface area (Å²) < 4.78 is 0. The third kappa shape index (κ3) is 3.95. The van der Waals surface area contributed by atoms with E-state index in [1.54, 1.807) is 11.8 Å². The first-order valence-corrected chi connectivity index (χ1v) is 7.72. The van der Waals surface area contributed by atoms with Gasteiger partial charge in [0.05, 0.1) is 0 Å². The monoisotopic (exact) mass is 264 g/mol. The Kier molecular flexibility index (Phi) is 4.93. The first-order chi connectivity index (χ1) is 8.78. The van der Waals surface area contributed by atoms with E-state index in [0.717, 1.165) is 18.5 Å². The van der Waals surface area contributed by atoms with Gasteiger partial charge >= 0.3 is 6.03 Å². The maximum atomic E-state index is 11.8. The summed E-state index contributed by atoms with van der Waals surface area (Å²) in [5.74, 6) is 0. The van der Waals surface area contributed by atoms with Crippen molar-refractivity contribution >= 4 is 23.5 Å². The molecule has 0 aliphatic heterocycles. The molecular formula is C14H20N2OS. The molecule has 1 aliphatic carbocycles. The van der Waals surface area contributed by atoms with Gasteiger partial charge in [0.1, 0.15) is 0 Å². The minimum Gasteiger partial charge on any atom is -0.335 e. The van der Waals surface area contributed by atoms with Crippen LogP contribution in [0.1, 0.15) is 32.1 Å². The quantitative estimate of drug-likeness (QED) is 0.814. The Morgan fingerprint density at radius 1 is 1.17 bits per heavy atom. The van der Waals surface area contributed by atoms with Crippen molar-refractivity contribution in [1.82, 2.24) is 5.32 Å². The lowest BCUT2D eigenvalue weighted by molar-refractivity contribution is 0.244. The van der Waals surface area contributed by atoms with E-state index in [4.69, 9.17) is 0 Å². The second-order valence-corrected chi connectivity index (χ2v) is 5.54. The van der Waals surface area contributed by atoms with E-state index in [-0.39, 0.29) is 6.03 Å². The molecule has 0 unspecified atom stereocenters. The number of carbonyl (C=O) groups excluding carboxylic acids is 1.